The van der Waals surface area contributed by atoms with E-state index >= 15 is 0 Å². The summed E-state index contributed by atoms with van der Waals surface area (Å²) in [7, 11) is 0. The Balaban J connectivity index is 1.34. The Labute approximate surface area is 178 Å². The fourth-order valence-corrected chi connectivity index (χ4v) is 9.17. The van der Waals surface area contributed by atoms with E-state index in [-0.39, 0.29) is 17.2 Å². The van der Waals surface area contributed by atoms with Gasteiger partial charge in [0.1, 0.15) is 11.5 Å². The van der Waals surface area contributed by atoms with Crippen LogP contribution in [-0.4, -0.2) is 37.8 Å². The van der Waals surface area contributed by atoms with Gasteiger partial charge in [-0.25, -0.2) is 14.5 Å². The second-order valence-corrected chi connectivity index (χ2v) is 10.4. The van der Waals surface area contributed by atoms with Crippen molar-refractivity contribution in [2.24, 2.45) is 57.1 Å². The van der Waals surface area contributed by atoms with E-state index in [0.29, 0.717) is 41.2 Å². The molecule has 0 spiro atoms. The molecule has 6 aliphatic rings. The van der Waals surface area contributed by atoms with Crippen LogP contribution in [0.3, 0.4) is 0 Å². The van der Waals surface area contributed by atoms with Crippen LogP contribution in [0.4, 0.5) is 4.39 Å². The van der Waals surface area contributed by atoms with Crippen LogP contribution in [0.25, 0.3) is 5.78 Å². The first-order valence-electron chi connectivity index (χ1n) is 11.2. The zero-order valence-electron chi connectivity index (χ0n) is 17.3. The lowest BCUT2D eigenvalue weighted by molar-refractivity contribution is -0.138. The van der Waals surface area contributed by atoms with E-state index in [2.05, 4.69) is 26.3 Å². The molecule has 2 bridgehead atoms. The van der Waals surface area contributed by atoms with Crippen LogP contribution in [0, 0.1) is 55.3 Å². The predicted octanol–water partition coefficient (Wildman–Crippen LogP) is 1.64. The third-order valence-electron chi connectivity index (χ3n) is 9.53. The third-order valence-corrected chi connectivity index (χ3v) is 9.53. The van der Waals surface area contributed by atoms with Crippen molar-refractivity contribution in [3.05, 3.63) is 34.9 Å². The van der Waals surface area contributed by atoms with Crippen LogP contribution in [0.15, 0.2) is 27.7 Å². The van der Waals surface area contributed by atoms with Crippen LogP contribution in [0.5, 0.6) is 0 Å². The zero-order chi connectivity index (χ0) is 20.8. The summed E-state index contributed by atoms with van der Waals surface area (Å²) in [6.07, 6.45) is 4.08. The number of nitrogens with one attached hydrogen (secondary N) is 1. The van der Waals surface area contributed by atoms with Gasteiger partial charge in [-0.3, -0.25) is 4.99 Å². The summed E-state index contributed by atoms with van der Waals surface area (Å²) < 4.78 is 15.8. The lowest BCUT2D eigenvalue weighted by Crippen LogP contribution is -2.65. The number of rotatable bonds is 2. The van der Waals surface area contributed by atoms with Gasteiger partial charge in [0.05, 0.1) is 18.1 Å². The van der Waals surface area contributed by atoms with Crippen LogP contribution in [0.2, 0.25) is 0 Å². The Kier molecular flexibility index (Phi) is 2.69. The largest absolute Gasteiger partial charge is 0.374 e. The molecule has 2 aromatic heterocycles. The average molecular weight is 418 g/mol. The van der Waals surface area contributed by atoms with E-state index in [0.717, 1.165) is 23.4 Å². The van der Waals surface area contributed by atoms with Gasteiger partial charge in [0.25, 0.3) is 5.78 Å². The first kappa shape index (κ1) is 16.8. The van der Waals surface area contributed by atoms with Gasteiger partial charge in [-0.05, 0) is 74.2 Å². The SMILES string of the molecule is Cc1cc(C23C4C5CC4C2C2CC5C3C2/N=C2/N=CN/C2=C(/N)F)n2nc(C)nc2n1. The fraction of sp³-hybridized carbons (Fsp3) is 0.591. The maximum atomic E-state index is 13.8. The monoisotopic (exact) mass is 418 g/mol. The summed E-state index contributed by atoms with van der Waals surface area (Å²) in [6, 6.07) is 2.40. The zero-order valence-corrected chi connectivity index (χ0v) is 17.3. The second kappa shape index (κ2) is 4.97. The molecule has 0 radical (unpaired) electrons. The van der Waals surface area contributed by atoms with E-state index in [1.165, 1.54) is 24.9 Å². The molecule has 158 valence electrons. The quantitative estimate of drug-likeness (QED) is 0.722. The van der Waals surface area contributed by atoms with E-state index < -0.39 is 5.95 Å². The van der Waals surface area contributed by atoms with Gasteiger partial charge >= 0.3 is 0 Å². The first-order chi connectivity index (χ1) is 15.0. The van der Waals surface area contributed by atoms with E-state index in [9.17, 15) is 4.39 Å². The topological polar surface area (TPSA) is 106 Å². The van der Waals surface area contributed by atoms with Crippen molar-refractivity contribution in [3.8, 4) is 0 Å². The molecule has 5 saturated carbocycles. The van der Waals surface area contributed by atoms with Gasteiger partial charge in [0, 0.05) is 11.1 Å². The number of halogens is 1. The van der Waals surface area contributed by atoms with Gasteiger partial charge < -0.3 is 11.1 Å². The number of aromatic nitrogens is 4. The Morgan fingerprint density at radius 2 is 1.94 bits per heavy atom. The minimum Gasteiger partial charge on any atom is -0.374 e. The van der Waals surface area contributed by atoms with Crippen molar-refractivity contribution < 1.29 is 4.39 Å². The Bertz CT molecular complexity index is 1290. The lowest BCUT2D eigenvalue weighted by atomic mass is 9.38. The van der Waals surface area contributed by atoms with Crippen molar-refractivity contribution >= 4 is 18.0 Å². The molecule has 0 aromatic carbocycles. The maximum absolute atomic E-state index is 13.8. The Morgan fingerprint density at radius 1 is 1.16 bits per heavy atom. The van der Waals surface area contributed by atoms with Crippen molar-refractivity contribution in [3.63, 3.8) is 0 Å². The molecule has 1 aliphatic heterocycles. The highest BCUT2D eigenvalue weighted by Crippen LogP contribution is 2.89. The fourth-order valence-electron chi connectivity index (χ4n) is 9.17. The standard InChI is InChI=1S/C22H23FN8/c1-7-3-13(31-21(27-7)28-8(2)30-31)22-14-9-4-11(14)15(22)12-5-10(9)16(22)17(12)29-20-18(19(23)24)25-6-26-20/h3,6,9-12,14-17H,4-5,24H2,1-2H3,(H,25,26,29)/b19-18+. The molecule has 3 N–H and O–H groups in total. The molecule has 31 heavy (non-hydrogen) atoms. The van der Waals surface area contributed by atoms with E-state index in [4.69, 9.17) is 15.8 Å². The van der Waals surface area contributed by atoms with Crippen LogP contribution >= 0.6 is 0 Å². The molecule has 9 atom stereocenters. The number of aryl methyl sites for hydroxylation is 2. The minimum atomic E-state index is -0.754. The summed E-state index contributed by atoms with van der Waals surface area (Å²) in [5.74, 6) is 5.63. The second-order valence-electron chi connectivity index (χ2n) is 10.4. The highest BCUT2D eigenvalue weighted by Gasteiger charge is 2.88. The molecule has 8 rings (SSSR count). The first-order valence-corrected chi connectivity index (χ1v) is 11.2. The summed E-state index contributed by atoms with van der Waals surface area (Å²) in [5, 5.41) is 7.56. The average Bonchev–Trinajstić information content (AvgIpc) is 3.38. The summed E-state index contributed by atoms with van der Waals surface area (Å²) in [4.78, 5) is 18.6. The summed E-state index contributed by atoms with van der Waals surface area (Å²) >= 11 is 0. The van der Waals surface area contributed by atoms with Gasteiger partial charge in [-0.15, -0.1) is 0 Å². The molecule has 9 unspecified atom stereocenters. The number of hydrogen-bond donors (Lipinski definition) is 2. The number of amidine groups is 1. The molecule has 2 aromatic rings. The number of fused-ring (bicyclic) bond motifs is 5. The van der Waals surface area contributed by atoms with Gasteiger partial charge in [0.15, 0.2) is 5.84 Å². The maximum Gasteiger partial charge on any atom is 0.252 e. The Morgan fingerprint density at radius 3 is 2.77 bits per heavy atom. The summed E-state index contributed by atoms with van der Waals surface area (Å²) in [6.45, 7) is 3.98. The number of aliphatic imine (C=N–C) groups is 2. The predicted molar refractivity (Wildman–Crippen MR) is 111 cm³/mol. The van der Waals surface area contributed by atoms with Crippen molar-refractivity contribution in [1.29, 1.82) is 0 Å². The van der Waals surface area contributed by atoms with Crippen LogP contribution < -0.4 is 11.1 Å². The molecule has 3 heterocycles. The van der Waals surface area contributed by atoms with Gasteiger partial charge in [0.2, 0.25) is 5.95 Å². The number of nitrogens with two attached hydrogens (primary N) is 1. The normalized spacial score (nSPS) is 47.8. The van der Waals surface area contributed by atoms with E-state index in [1.807, 2.05) is 18.4 Å². The van der Waals surface area contributed by atoms with Crippen molar-refractivity contribution in [2.45, 2.75) is 38.1 Å². The molecule has 9 heteroatoms. The van der Waals surface area contributed by atoms with Crippen LogP contribution in [-0.2, 0) is 5.41 Å². The lowest BCUT2D eigenvalue weighted by Gasteiger charge is -2.65. The molecular weight excluding hydrogens is 395 g/mol. The third kappa shape index (κ3) is 1.62. The van der Waals surface area contributed by atoms with E-state index in [1.54, 1.807) is 0 Å². The molecule has 0 saturated heterocycles. The van der Waals surface area contributed by atoms with Gasteiger partial charge in [-0.1, -0.05) is 0 Å². The molecule has 5 fully saturated rings. The van der Waals surface area contributed by atoms with Crippen molar-refractivity contribution in [2.75, 3.05) is 0 Å². The highest BCUT2D eigenvalue weighted by atomic mass is 19.1. The van der Waals surface area contributed by atoms with Gasteiger partial charge in [-0.2, -0.15) is 14.5 Å². The Hall–Kier alpha value is -2.84. The summed E-state index contributed by atoms with van der Waals surface area (Å²) in [5.41, 5.74) is 8.01. The molecule has 5 aliphatic carbocycles. The molecule has 8 nitrogen and oxygen atoms in total. The van der Waals surface area contributed by atoms with Crippen LogP contribution in [0.1, 0.15) is 30.1 Å². The highest BCUT2D eigenvalue weighted by molar-refractivity contribution is 6.08. The molecule has 0 amide bonds. The molecular formula is C22H23FN8. The number of hydrogen-bond acceptors (Lipinski definition) is 6. The number of nitrogens with zero attached hydrogens (tertiary/aromatic N) is 6. The van der Waals surface area contributed by atoms with Crippen molar-refractivity contribution in [1.82, 2.24) is 24.9 Å². The smallest absolute Gasteiger partial charge is 0.252 e. The minimum absolute atomic E-state index is 0.0862.